The molecule has 1 heterocycles. The second-order valence-corrected chi connectivity index (χ2v) is 5.67. The SMILES string of the molecule is CCC(C)SCC(NN)c1c(C)ccnc1N. The number of nitrogens with one attached hydrogen (secondary N) is 1. The molecule has 5 heteroatoms. The fraction of sp³-hybridized carbons (Fsp3) is 0.583. The summed E-state index contributed by atoms with van der Waals surface area (Å²) in [5.74, 6) is 7.10. The Morgan fingerprint density at radius 1 is 1.53 bits per heavy atom. The molecule has 17 heavy (non-hydrogen) atoms. The van der Waals surface area contributed by atoms with Gasteiger partial charge in [-0.25, -0.2) is 4.98 Å². The highest BCUT2D eigenvalue weighted by Crippen LogP contribution is 2.27. The Kier molecular flexibility index (Phi) is 5.74. The lowest BCUT2D eigenvalue weighted by Gasteiger charge is -2.20. The van der Waals surface area contributed by atoms with E-state index in [1.165, 1.54) is 0 Å². The lowest BCUT2D eigenvalue weighted by Crippen LogP contribution is -2.31. The topological polar surface area (TPSA) is 77.0 Å². The molecule has 4 nitrogen and oxygen atoms in total. The van der Waals surface area contributed by atoms with Crippen molar-refractivity contribution in [3.63, 3.8) is 0 Å². The molecule has 0 bridgehead atoms. The van der Waals surface area contributed by atoms with Crippen molar-refractivity contribution in [2.75, 3.05) is 11.5 Å². The van der Waals surface area contributed by atoms with Crippen LogP contribution in [0.2, 0.25) is 0 Å². The average Bonchev–Trinajstić information content (AvgIpc) is 2.32. The minimum Gasteiger partial charge on any atom is -0.383 e. The summed E-state index contributed by atoms with van der Waals surface area (Å²) in [7, 11) is 0. The zero-order chi connectivity index (χ0) is 12.8. The van der Waals surface area contributed by atoms with Crippen molar-refractivity contribution in [1.82, 2.24) is 10.4 Å². The maximum absolute atomic E-state index is 5.92. The Balaban J connectivity index is 2.79. The number of hydrogen-bond acceptors (Lipinski definition) is 5. The third-order valence-electron chi connectivity index (χ3n) is 2.91. The summed E-state index contributed by atoms with van der Waals surface area (Å²) in [6.07, 6.45) is 2.88. The number of rotatable bonds is 6. The van der Waals surface area contributed by atoms with E-state index < -0.39 is 0 Å². The number of aromatic nitrogens is 1. The van der Waals surface area contributed by atoms with Crippen LogP contribution < -0.4 is 17.0 Å². The van der Waals surface area contributed by atoms with Gasteiger partial charge < -0.3 is 5.73 Å². The van der Waals surface area contributed by atoms with Gasteiger partial charge in [-0.3, -0.25) is 11.3 Å². The van der Waals surface area contributed by atoms with E-state index in [9.17, 15) is 0 Å². The van der Waals surface area contributed by atoms with E-state index in [0.29, 0.717) is 11.1 Å². The van der Waals surface area contributed by atoms with Gasteiger partial charge in [0.05, 0.1) is 6.04 Å². The van der Waals surface area contributed by atoms with Gasteiger partial charge in [0.2, 0.25) is 0 Å². The zero-order valence-electron chi connectivity index (χ0n) is 10.7. The van der Waals surface area contributed by atoms with Crippen molar-refractivity contribution in [3.8, 4) is 0 Å². The van der Waals surface area contributed by atoms with Gasteiger partial charge >= 0.3 is 0 Å². The number of aryl methyl sites for hydroxylation is 1. The van der Waals surface area contributed by atoms with Gasteiger partial charge in [-0.2, -0.15) is 11.8 Å². The third-order valence-corrected chi connectivity index (χ3v) is 4.34. The van der Waals surface area contributed by atoms with Gasteiger partial charge in [-0.05, 0) is 25.0 Å². The van der Waals surface area contributed by atoms with Crippen LogP contribution in [0.1, 0.15) is 37.4 Å². The Bertz CT molecular complexity index is 336. The Morgan fingerprint density at radius 2 is 2.24 bits per heavy atom. The molecule has 0 aromatic carbocycles. The first-order chi connectivity index (χ1) is 8.10. The second-order valence-electron chi connectivity index (χ2n) is 4.20. The molecule has 2 unspecified atom stereocenters. The van der Waals surface area contributed by atoms with Crippen molar-refractivity contribution in [1.29, 1.82) is 0 Å². The van der Waals surface area contributed by atoms with Gasteiger partial charge in [0, 0.05) is 22.8 Å². The molecule has 0 spiro atoms. The third kappa shape index (κ3) is 3.87. The summed E-state index contributed by atoms with van der Waals surface area (Å²) in [6.45, 7) is 6.44. The molecule has 0 fully saturated rings. The van der Waals surface area contributed by atoms with Crippen molar-refractivity contribution < 1.29 is 0 Å². The second kappa shape index (κ2) is 6.83. The number of nitrogens with zero attached hydrogens (tertiary/aromatic N) is 1. The summed E-state index contributed by atoms with van der Waals surface area (Å²) >= 11 is 1.90. The normalized spacial score (nSPS) is 14.6. The van der Waals surface area contributed by atoms with E-state index in [1.807, 2.05) is 24.8 Å². The van der Waals surface area contributed by atoms with Crippen molar-refractivity contribution in [3.05, 3.63) is 23.4 Å². The zero-order valence-corrected chi connectivity index (χ0v) is 11.6. The highest BCUT2D eigenvalue weighted by atomic mass is 32.2. The maximum atomic E-state index is 5.92. The van der Waals surface area contributed by atoms with Crippen molar-refractivity contribution >= 4 is 17.6 Å². The number of nitrogens with two attached hydrogens (primary N) is 2. The molecule has 0 aliphatic carbocycles. The molecule has 0 amide bonds. The van der Waals surface area contributed by atoms with Gasteiger partial charge in [0.15, 0.2) is 0 Å². The summed E-state index contributed by atoms with van der Waals surface area (Å²) in [4.78, 5) is 4.13. The first-order valence-corrected chi connectivity index (χ1v) is 6.93. The molecular weight excluding hydrogens is 232 g/mol. The molecule has 1 rings (SSSR count). The van der Waals surface area contributed by atoms with E-state index in [2.05, 4.69) is 24.3 Å². The molecule has 0 aliphatic rings. The van der Waals surface area contributed by atoms with Crippen molar-refractivity contribution in [2.24, 2.45) is 5.84 Å². The molecule has 1 aromatic heterocycles. The van der Waals surface area contributed by atoms with E-state index in [4.69, 9.17) is 11.6 Å². The number of nitrogen functional groups attached to an aromatic ring is 1. The van der Waals surface area contributed by atoms with Crippen molar-refractivity contribution in [2.45, 2.75) is 38.5 Å². The number of anilines is 1. The highest BCUT2D eigenvalue weighted by molar-refractivity contribution is 7.99. The summed E-state index contributed by atoms with van der Waals surface area (Å²) < 4.78 is 0. The number of hydrogen-bond donors (Lipinski definition) is 3. The molecular formula is C12H22N4S. The van der Waals surface area contributed by atoms with Gasteiger partial charge in [0.25, 0.3) is 0 Å². The average molecular weight is 254 g/mol. The Hall–Kier alpha value is -0.780. The van der Waals surface area contributed by atoms with Crippen LogP contribution in [0.3, 0.4) is 0 Å². The maximum Gasteiger partial charge on any atom is 0.128 e. The smallest absolute Gasteiger partial charge is 0.128 e. The summed E-state index contributed by atoms with van der Waals surface area (Å²) in [5, 5.41) is 0.629. The lowest BCUT2D eigenvalue weighted by atomic mass is 10.0. The predicted octanol–water partition coefficient (Wildman–Crippen LogP) is 2.01. The van der Waals surface area contributed by atoms with Crippen LogP contribution in [-0.4, -0.2) is 16.0 Å². The fourth-order valence-electron chi connectivity index (χ4n) is 1.64. The van der Waals surface area contributed by atoms with Crippen LogP contribution in [0.25, 0.3) is 0 Å². The first kappa shape index (κ1) is 14.3. The standard InChI is InChI=1S/C12H22N4S/c1-4-9(3)17-7-10(16-14)11-8(2)5-6-15-12(11)13/h5-6,9-10,16H,4,7,14H2,1-3H3,(H2,13,15). The first-order valence-electron chi connectivity index (χ1n) is 5.88. The summed E-state index contributed by atoms with van der Waals surface area (Å²) in [6, 6.07) is 2.02. The van der Waals surface area contributed by atoms with Crippen LogP contribution >= 0.6 is 11.8 Å². The fourth-order valence-corrected chi connectivity index (χ4v) is 2.66. The number of hydrazine groups is 1. The lowest BCUT2D eigenvalue weighted by molar-refractivity contribution is 0.606. The molecule has 5 N–H and O–H groups in total. The molecule has 1 aromatic rings. The van der Waals surface area contributed by atoms with Gasteiger partial charge in [0.1, 0.15) is 5.82 Å². The number of thioether (sulfide) groups is 1. The molecule has 96 valence electrons. The number of pyridine rings is 1. The van der Waals surface area contributed by atoms with E-state index in [1.54, 1.807) is 6.20 Å². The largest absolute Gasteiger partial charge is 0.383 e. The van der Waals surface area contributed by atoms with Crippen LogP contribution in [-0.2, 0) is 0 Å². The van der Waals surface area contributed by atoms with Crippen LogP contribution in [0.4, 0.5) is 5.82 Å². The summed E-state index contributed by atoms with van der Waals surface area (Å²) in [5.41, 5.74) is 10.9. The van der Waals surface area contributed by atoms with Gasteiger partial charge in [-0.15, -0.1) is 0 Å². The van der Waals surface area contributed by atoms with Gasteiger partial charge in [-0.1, -0.05) is 13.8 Å². The predicted molar refractivity (Wildman–Crippen MR) is 75.7 cm³/mol. The molecule has 2 atom stereocenters. The van der Waals surface area contributed by atoms with Crippen LogP contribution in [0.5, 0.6) is 0 Å². The Labute approximate surface area is 108 Å². The molecule has 0 aliphatic heterocycles. The monoisotopic (exact) mass is 254 g/mol. The van der Waals surface area contributed by atoms with Crippen LogP contribution in [0, 0.1) is 6.92 Å². The minimum atomic E-state index is 0.0581. The molecule has 0 saturated heterocycles. The highest BCUT2D eigenvalue weighted by Gasteiger charge is 2.17. The minimum absolute atomic E-state index is 0.0581. The van der Waals surface area contributed by atoms with E-state index in [0.717, 1.165) is 23.3 Å². The quantitative estimate of drug-likeness (QED) is 0.535. The van der Waals surface area contributed by atoms with E-state index >= 15 is 0 Å². The van der Waals surface area contributed by atoms with Crippen LogP contribution in [0.15, 0.2) is 12.3 Å². The van der Waals surface area contributed by atoms with E-state index in [-0.39, 0.29) is 6.04 Å². The Morgan fingerprint density at radius 3 is 2.76 bits per heavy atom. The molecule has 0 radical (unpaired) electrons. The molecule has 0 saturated carbocycles.